The minimum Gasteiger partial charge on any atom is -0.353 e. The molecule has 1 saturated heterocycles. The maximum absolute atomic E-state index is 4.60. The van der Waals surface area contributed by atoms with Crippen LogP contribution in [0.4, 0.5) is 5.82 Å². The molecule has 5 heteroatoms. The fourth-order valence-corrected chi connectivity index (χ4v) is 3.63. The Hall–Kier alpha value is -0.420. The average molecular weight is 255 g/mol. The van der Waals surface area contributed by atoms with Crippen LogP contribution in [0.15, 0.2) is 17.4 Å². The first-order valence-electron chi connectivity index (χ1n) is 5.45. The smallest absolute Gasteiger partial charge is 0.148 e. The summed E-state index contributed by atoms with van der Waals surface area (Å²) in [7, 11) is 0. The molecule has 1 aliphatic heterocycles. The van der Waals surface area contributed by atoms with Gasteiger partial charge in [0.2, 0.25) is 0 Å². The van der Waals surface area contributed by atoms with E-state index in [4.69, 9.17) is 0 Å². The molecule has 0 radical (unpaired) electrons. The maximum atomic E-state index is 4.60. The first kappa shape index (κ1) is 12.0. The van der Waals surface area contributed by atoms with Crippen LogP contribution in [0.5, 0.6) is 0 Å². The van der Waals surface area contributed by atoms with Gasteiger partial charge in [-0.2, -0.15) is 11.8 Å². The summed E-state index contributed by atoms with van der Waals surface area (Å²) in [5, 5.41) is 2.34. The lowest BCUT2D eigenvalue weighted by Crippen LogP contribution is -2.40. The number of hydrogen-bond donors (Lipinski definition) is 0. The van der Waals surface area contributed by atoms with Crippen LogP contribution in [-0.4, -0.2) is 39.8 Å². The minimum absolute atomic E-state index is 0.670. The van der Waals surface area contributed by atoms with Crippen molar-refractivity contribution in [2.24, 2.45) is 0 Å². The number of hydrogen-bond acceptors (Lipinski definition) is 5. The highest BCUT2D eigenvalue weighted by Gasteiger charge is 2.23. The SMILES string of the molecule is CSc1cncc(N2C[C@@H](C)S[C@@H](C)C2)n1. The summed E-state index contributed by atoms with van der Waals surface area (Å²) in [6.07, 6.45) is 5.72. The Morgan fingerprint density at radius 3 is 2.62 bits per heavy atom. The molecular weight excluding hydrogens is 238 g/mol. The van der Waals surface area contributed by atoms with Crippen LogP contribution in [0, 0.1) is 0 Å². The Labute approximate surface area is 105 Å². The first-order valence-corrected chi connectivity index (χ1v) is 7.62. The molecule has 16 heavy (non-hydrogen) atoms. The average Bonchev–Trinajstić information content (AvgIpc) is 2.28. The van der Waals surface area contributed by atoms with Crippen molar-refractivity contribution in [3.63, 3.8) is 0 Å². The fourth-order valence-electron chi connectivity index (χ4n) is 1.95. The Morgan fingerprint density at radius 1 is 1.31 bits per heavy atom. The van der Waals surface area contributed by atoms with Crippen molar-refractivity contribution in [1.82, 2.24) is 9.97 Å². The molecule has 0 spiro atoms. The molecule has 1 aliphatic rings. The second kappa shape index (κ2) is 5.27. The molecule has 2 atom stereocenters. The summed E-state index contributed by atoms with van der Waals surface area (Å²) in [6.45, 7) is 6.70. The monoisotopic (exact) mass is 255 g/mol. The van der Waals surface area contributed by atoms with Crippen LogP contribution in [0.2, 0.25) is 0 Å². The summed E-state index contributed by atoms with van der Waals surface area (Å²) in [6, 6.07) is 0. The van der Waals surface area contributed by atoms with Crippen LogP contribution in [-0.2, 0) is 0 Å². The largest absolute Gasteiger partial charge is 0.353 e. The highest BCUT2D eigenvalue weighted by Crippen LogP contribution is 2.27. The van der Waals surface area contributed by atoms with Crippen LogP contribution >= 0.6 is 23.5 Å². The molecule has 1 fully saturated rings. The third-order valence-corrected chi connectivity index (χ3v) is 4.39. The molecule has 0 saturated carbocycles. The van der Waals surface area contributed by atoms with E-state index in [1.807, 2.05) is 18.6 Å². The van der Waals surface area contributed by atoms with Gasteiger partial charge in [-0.15, -0.1) is 11.8 Å². The Bertz CT molecular complexity index is 349. The molecule has 88 valence electrons. The van der Waals surface area contributed by atoms with Crippen molar-refractivity contribution in [1.29, 1.82) is 0 Å². The predicted molar refractivity (Wildman–Crippen MR) is 72.5 cm³/mol. The first-order chi connectivity index (χ1) is 7.69. The molecule has 1 aromatic rings. The van der Waals surface area contributed by atoms with E-state index < -0.39 is 0 Å². The van der Waals surface area contributed by atoms with Gasteiger partial charge in [0.05, 0.1) is 12.4 Å². The van der Waals surface area contributed by atoms with E-state index in [-0.39, 0.29) is 0 Å². The third-order valence-electron chi connectivity index (χ3n) is 2.55. The van der Waals surface area contributed by atoms with Gasteiger partial charge in [-0.05, 0) is 6.26 Å². The second-order valence-electron chi connectivity index (χ2n) is 4.08. The van der Waals surface area contributed by atoms with E-state index in [1.165, 1.54) is 0 Å². The van der Waals surface area contributed by atoms with Gasteiger partial charge in [-0.3, -0.25) is 4.98 Å². The van der Waals surface area contributed by atoms with Crippen LogP contribution in [0.25, 0.3) is 0 Å². The van der Waals surface area contributed by atoms with Gasteiger partial charge in [-0.1, -0.05) is 13.8 Å². The molecule has 0 N–H and O–H groups in total. The molecule has 0 aromatic carbocycles. The number of anilines is 1. The van der Waals surface area contributed by atoms with Crippen molar-refractivity contribution in [2.75, 3.05) is 24.2 Å². The lowest BCUT2D eigenvalue weighted by Gasteiger charge is -2.35. The van der Waals surface area contributed by atoms with Gasteiger partial charge in [0, 0.05) is 23.6 Å². The quantitative estimate of drug-likeness (QED) is 0.758. The van der Waals surface area contributed by atoms with Crippen molar-refractivity contribution in [3.8, 4) is 0 Å². The van der Waals surface area contributed by atoms with Gasteiger partial charge in [0.25, 0.3) is 0 Å². The lowest BCUT2D eigenvalue weighted by atomic mass is 10.3. The van der Waals surface area contributed by atoms with Gasteiger partial charge < -0.3 is 4.90 Å². The Balaban J connectivity index is 2.16. The topological polar surface area (TPSA) is 29.0 Å². The molecule has 1 aromatic heterocycles. The third kappa shape index (κ3) is 2.83. The Morgan fingerprint density at radius 2 is 2.00 bits per heavy atom. The molecule has 0 aliphatic carbocycles. The molecule has 0 unspecified atom stereocenters. The number of nitrogens with zero attached hydrogens (tertiary/aromatic N) is 3. The van der Waals surface area contributed by atoms with Crippen molar-refractivity contribution in [2.45, 2.75) is 29.4 Å². The maximum Gasteiger partial charge on any atom is 0.148 e. The predicted octanol–water partition coefficient (Wildman–Crippen LogP) is 2.53. The van der Waals surface area contributed by atoms with Crippen LogP contribution in [0.1, 0.15) is 13.8 Å². The summed E-state index contributed by atoms with van der Waals surface area (Å²) >= 11 is 3.70. The summed E-state index contributed by atoms with van der Waals surface area (Å²) in [5.74, 6) is 1.02. The van der Waals surface area contributed by atoms with Gasteiger partial charge >= 0.3 is 0 Å². The van der Waals surface area contributed by atoms with E-state index in [9.17, 15) is 0 Å². The fraction of sp³-hybridized carbons (Fsp3) is 0.636. The molecule has 0 amide bonds. The van der Waals surface area contributed by atoms with Crippen LogP contribution < -0.4 is 4.90 Å². The standard InChI is InChI=1S/C11H17N3S2/c1-8-6-14(7-9(2)16-8)10-4-12-5-11(13-10)15-3/h4-5,8-9H,6-7H2,1-3H3/t8-,9+. The van der Waals surface area contributed by atoms with Gasteiger partial charge in [-0.25, -0.2) is 4.98 Å². The van der Waals surface area contributed by atoms with E-state index in [1.54, 1.807) is 11.8 Å². The summed E-state index contributed by atoms with van der Waals surface area (Å²) in [4.78, 5) is 11.2. The van der Waals surface area contributed by atoms with Crippen LogP contribution in [0.3, 0.4) is 0 Å². The molecule has 2 rings (SSSR count). The van der Waals surface area contributed by atoms with Crippen molar-refractivity contribution in [3.05, 3.63) is 12.4 Å². The summed E-state index contributed by atoms with van der Waals surface area (Å²) in [5.41, 5.74) is 0. The highest BCUT2D eigenvalue weighted by molar-refractivity contribution is 8.00. The van der Waals surface area contributed by atoms with Gasteiger partial charge in [0.1, 0.15) is 10.8 Å². The number of aromatic nitrogens is 2. The molecule has 3 nitrogen and oxygen atoms in total. The highest BCUT2D eigenvalue weighted by atomic mass is 32.2. The normalized spacial score (nSPS) is 25.8. The second-order valence-corrected chi connectivity index (χ2v) is 6.79. The molecule has 2 heterocycles. The lowest BCUT2D eigenvalue weighted by molar-refractivity contribution is 0.712. The summed E-state index contributed by atoms with van der Waals surface area (Å²) < 4.78 is 0. The molecule has 0 bridgehead atoms. The number of thioether (sulfide) groups is 2. The zero-order chi connectivity index (χ0) is 11.5. The number of rotatable bonds is 2. The van der Waals surface area contributed by atoms with Crippen molar-refractivity contribution < 1.29 is 0 Å². The Kier molecular flexibility index (Phi) is 3.97. The van der Waals surface area contributed by atoms with E-state index in [0.29, 0.717) is 10.5 Å². The van der Waals surface area contributed by atoms with E-state index in [0.717, 1.165) is 23.9 Å². The molecular formula is C11H17N3S2. The van der Waals surface area contributed by atoms with E-state index >= 15 is 0 Å². The zero-order valence-corrected chi connectivity index (χ0v) is 11.5. The van der Waals surface area contributed by atoms with E-state index in [2.05, 4.69) is 40.5 Å². The van der Waals surface area contributed by atoms with Crippen molar-refractivity contribution >= 4 is 29.3 Å². The van der Waals surface area contributed by atoms with Gasteiger partial charge in [0.15, 0.2) is 0 Å². The minimum atomic E-state index is 0.670. The zero-order valence-electron chi connectivity index (χ0n) is 9.88.